The van der Waals surface area contributed by atoms with Gasteiger partial charge in [0.15, 0.2) is 0 Å². The lowest BCUT2D eigenvalue weighted by Crippen LogP contribution is -2.28. The van der Waals surface area contributed by atoms with Crippen molar-refractivity contribution in [2.75, 3.05) is 18.8 Å². The summed E-state index contributed by atoms with van der Waals surface area (Å²) in [5, 5.41) is 0.247. The van der Waals surface area contributed by atoms with Crippen LogP contribution < -0.4 is 5.73 Å². The van der Waals surface area contributed by atoms with Crippen LogP contribution in [-0.2, 0) is 0 Å². The van der Waals surface area contributed by atoms with Gasteiger partial charge in [-0.05, 0) is 24.1 Å². The number of aromatic nitrogens is 1. The number of carbonyl (C=O) groups excluding carboxylic acids is 1. The first-order valence-corrected chi connectivity index (χ1v) is 7.28. The molecule has 108 valence electrons. The number of benzene rings is 1. The van der Waals surface area contributed by atoms with Crippen LogP contribution in [0.3, 0.4) is 0 Å². The molecule has 2 aromatic rings. The van der Waals surface area contributed by atoms with Gasteiger partial charge in [0.25, 0.3) is 5.91 Å². The van der Waals surface area contributed by atoms with Gasteiger partial charge in [-0.1, -0.05) is 41.9 Å². The lowest BCUT2D eigenvalue weighted by atomic mass is 9.99. The summed E-state index contributed by atoms with van der Waals surface area (Å²) >= 11 is 5.86. The summed E-state index contributed by atoms with van der Waals surface area (Å²) < 4.78 is 0. The van der Waals surface area contributed by atoms with Crippen molar-refractivity contribution in [1.29, 1.82) is 0 Å². The minimum atomic E-state index is -0.0376. The quantitative estimate of drug-likeness (QED) is 0.868. The van der Waals surface area contributed by atoms with Crippen molar-refractivity contribution in [3.05, 3.63) is 58.7 Å². The summed E-state index contributed by atoms with van der Waals surface area (Å²) in [4.78, 5) is 18.2. The molecule has 1 aromatic carbocycles. The Bertz CT molecular complexity index is 640. The Balaban J connectivity index is 1.75. The minimum Gasteiger partial charge on any atom is -0.384 e. The van der Waals surface area contributed by atoms with Crippen LogP contribution in [0.25, 0.3) is 0 Å². The number of nitrogens with two attached hydrogens (primary N) is 1. The van der Waals surface area contributed by atoms with E-state index in [1.165, 1.54) is 5.56 Å². The lowest BCUT2D eigenvalue weighted by Gasteiger charge is -2.17. The number of nitrogens with zero attached hydrogens (tertiary/aromatic N) is 2. The highest BCUT2D eigenvalue weighted by Crippen LogP contribution is 2.28. The number of hydrogen-bond donors (Lipinski definition) is 1. The van der Waals surface area contributed by atoms with Gasteiger partial charge in [-0.15, -0.1) is 0 Å². The Morgan fingerprint density at radius 3 is 2.76 bits per heavy atom. The number of rotatable bonds is 2. The molecule has 21 heavy (non-hydrogen) atoms. The van der Waals surface area contributed by atoms with Gasteiger partial charge in [0.05, 0.1) is 0 Å². The van der Waals surface area contributed by atoms with Crippen LogP contribution in [0, 0.1) is 0 Å². The van der Waals surface area contributed by atoms with Crippen molar-refractivity contribution in [3.8, 4) is 0 Å². The first-order chi connectivity index (χ1) is 10.1. The second-order valence-electron chi connectivity index (χ2n) is 5.25. The van der Waals surface area contributed by atoms with Crippen molar-refractivity contribution in [2.45, 2.75) is 12.3 Å². The number of amides is 1. The van der Waals surface area contributed by atoms with Crippen LogP contribution in [0.1, 0.15) is 28.3 Å². The molecule has 2 N–H and O–H groups in total. The minimum absolute atomic E-state index is 0.0376. The van der Waals surface area contributed by atoms with Gasteiger partial charge in [-0.2, -0.15) is 0 Å². The molecular formula is C16H16ClN3O. The van der Waals surface area contributed by atoms with Gasteiger partial charge in [-0.3, -0.25) is 4.79 Å². The van der Waals surface area contributed by atoms with Gasteiger partial charge in [-0.25, -0.2) is 4.98 Å². The molecule has 1 aromatic heterocycles. The molecule has 1 atom stereocenters. The van der Waals surface area contributed by atoms with Crippen molar-refractivity contribution >= 4 is 23.3 Å². The van der Waals surface area contributed by atoms with E-state index in [2.05, 4.69) is 17.1 Å². The van der Waals surface area contributed by atoms with Gasteiger partial charge in [0.2, 0.25) is 0 Å². The molecular weight excluding hydrogens is 286 g/mol. The molecule has 1 amide bonds. The smallest absolute Gasteiger partial charge is 0.254 e. The van der Waals surface area contributed by atoms with E-state index in [9.17, 15) is 4.79 Å². The average Bonchev–Trinajstić information content (AvgIpc) is 2.96. The highest BCUT2D eigenvalue weighted by Gasteiger charge is 2.28. The SMILES string of the molecule is Nc1cc(C(=O)N2CCC(c3ccccc3)C2)cc(Cl)n1. The fourth-order valence-corrected chi connectivity index (χ4v) is 2.98. The Hall–Kier alpha value is -2.07. The molecule has 1 fully saturated rings. The van der Waals surface area contributed by atoms with Gasteiger partial charge < -0.3 is 10.6 Å². The molecule has 0 spiro atoms. The second kappa shape index (κ2) is 5.74. The predicted molar refractivity (Wildman–Crippen MR) is 83.4 cm³/mol. The number of pyridine rings is 1. The van der Waals surface area contributed by atoms with Gasteiger partial charge >= 0.3 is 0 Å². The molecule has 0 radical (unpaired) electrons. The third-order valence-electron chi connectivity index (χ3n) is 3.81. The number of likely N-dealkylation sites (tertiary alicyclic amines) is 1. The summed E-state index contributed by atoms with van der Waals surface area (Å²) in [5.41, 5.74) is 7.43. The number of anilines is 1. The summed E-state index contributed by atoms with van der Waals surface area (Å²) in [5.74, 6) is 0.624. The topological polar surface area (TPSA) is 59.2 Å². The largest absolute Gasteiger partial charge is 0.384 e. The van der Waals surface area contributed by atoms with Crippen LogP contribution in [-0.4, -0.2) is 28.9 Å². The molecule has 1 aliphatic rings. The van der Waals surface area contributed by atoms with Crippen molar-refractivity contribution < 1.29 is 4.79 Å². The van der Waals surface area contributed by atoms with E-state index in [0.29, 0.717) is 11.5 Å². The van der Waals surface area contributed by atoms with Crippen molar-refractivity contribution in [3.63, 3.8) is 0 Å². The molecule has 1 unspecified atom stereocenters. The van der Waals surface area contributed by atoms with Crippen LogP contribution >= 0.6 is 11.6 Å². The van der Waals surface area contributed by atoms with Crippen molar-refractivity contribution in [2.24, 2.45) is 0 Å². The van der Waals surface area contributed by atoms with E-state index in [-0.39, 0.29) is 16.9 Å². The van der Waals surface area contributed by atoms with Crippen LogP contribution in [0.2, 0.25) is 5.15 Å². The summed E-state index contributed by atoms with van der Waals surface area (Å²) in [6, 6.07) is 13.4. The zero-order valence-corrected chi connectivity index (χ0v) is 12.3. The van der Waals surface area contributed by atoms with E-state index >= 15 is 0 Å². The Labute approximate surface area is 128 Å². The zero-order valence-electron chi connectivity index (χ0n) is 11.5. The Kier molecular flexibility index (Phi) is 3.80. The molecule has 5 heteroatoms. The molecule has 1 aliphatic heterocycles. The monoisotopic (exact) mass is 301 g/mol. The van der Waals surface area contributed by atoms with Crippen molar-refractivity contribution in [1.82, 2.24) is 9.88 Å². The van der Waals surface area contributed by atoms with Crippen LogP contribution in [0.15, 0.2) is 42.5 Å². The normalized spacial score (nSPS) is 18.0. The number of halogens is 1. The highest BCUT2D eigenvalue weighted by atomic mass is 35.5. The Morgan fingerprint density at radius 2 is 2.05 bits per heavy atom. The maximum absolute atomic E-state index is 12.5. The molecule has 0 bridgehead atoms. The van der Waals surface area contributed by atoms with E-state index in [0.717, 1.165) is 19.5 Å². The fraction of sp³-hybridized carbons (Fsp3) is 0.250. The predicted octanol–water partition coefficient (Wildman–Crippen LogP) is 2.95. The van der Waals surface area contributed by atoms with E-state index in [1.807, 2.05) is 23.1 Å². The van der Waals surface area contributed by atoms with Crippen LogP contribution in [0.5, 0.6) is 0 Å². The lowest BCUT2D eigenvalue weighted by molar-refractivity contribution is 0.0790. The molecule has 0 aliphatic carbocycles. The summed E-state index contributed by atoms with van der Waals surface area (Å²) in [6.45, 7) is 1.47. The van der Waals surface area contributed by atoms with E-state index in [4.69, 9.17) is 17.3 Å². The van der Waals surface area contributed by atoms with Gasteiger partial charge in [0.1, 0.15) is 11.0 Å². The zero-order chi connectivity index (χ0) is 14.8. The number of hydrogen-bond acceptors (Lipinski definition) is 3. The molecule has 0 saturated carbocycles. The average molecular weight is 302 g/mol. The molecule has 2 heterocycles. The van der Waals surface area contributed by atoms with Gasteiger partial charge in [0, 0.05) is 24.6 Å². The summed E-state index contributed by atoms with van der Waals surface area (Å²) in [7, 11) is 0. The fourth-order valence-electron chi connectivity index (χ4n) is 2.77. The maximum atomic E-state index is 12.5. The maximum Gasteiger partial charge on any atom is 0.254 e. The standard InChI is InChI=1S/C16H16ClN3O/c17-14-8-13(9-15(18)19-14)16(21)20-7-6-12(10-20)11-4-2-1-3-5-11/h1-5,8-9,12H,6-7,10H2,(H2,18,19). The Morgan fingerprint density at radius 1 is 1.29 bits per heavy atom. The number of nitrogen functional groups attached to an aromatic ring is 1. The molecule has 3 rings (SSSR count). The molecule has 4 nitrogen and oxygen atoms in total. The van der Waals surface area contributed by atoms with E-state index < -0.39 is 0 Å². The third kappa shape index (κ3) is 3.00. The molecule has 1 saturated heterocycles. The van der Waals surface area contributed by atoms with Crippen LogP contribution in [0.4, 0.5) is 5.82 Å². The van der Waals surface area contributed by atoms with E-state index in [1.54, 1.807) is 12.1 Å². The first-order valence-electron chi connectivity index (χ1n) is 6.91. The first kappa shape index (κ1) is 13.9. The third-order valence-corrected chi connectivity index (χ3v) is 4.00. The highest BCUT2D eigenvalue weighted by molar-refractivity contribution is 6.29. The summed E-state index contributed by atoms with van der Waals surface area (Å²) in [6.07, 6.45) is 0.976. The second-order valence-corrected chi connectivity index (χ2v) is 5.64. The number of carbonyl (C=O) groups is 1.